The van der Waals surface area contributed by atoms with Gasteiger partial charge in [0.2, 0.25) is 5.91 Å². The molecule has 1 amide bonds. The molecule has 1 atom stereocenters. The van der Waals surface area contributed by atoms with E-state index in [-0.39, 0.29) is 5.91 Å². The van der Waals surface area contributed by atoms with Gasteiger partial charge in [-0.25, -0.2) is 0 Å². The molecule has 1 saturated heterocycles. The molecule has 1 aromatic carbocycles. The predicted molar refractivity (Wildman–Crippen MR) is 72.4 cm³/mol. The van der Waals surface area contributed by atoms with Gasteiger partial charge in [0.05, 0.1) is 14.2 Å². The molecule has 1 heterocycles. The van der Waals surface area contributed by atoms with E-state index in [4.69, 9.17) is 9.47 Å². The molecule has 1 unspecified atom stereocenters. The lowest BCUT2D eigenvalue weighted by molar-refractivity contribution is -0.122. The second-order valence-electron chi connectivity index (χ2n) is 4.60. The highest BCUT2D eigenvalue weighted by molar-refractivity contribution is 5.76. The summed E-state index contributed by atoms with van der Waals surface area (Å²) in [6, 6.07) is 6.11. The number of piperidine rings is 1. The minimum Gasteiger partial charge on any atom is -0.497 e. The van der Waals surface area contributed by atoms with Gasteiger partial charge in [0, 0.05) is 37.2 Å². The first kappa shape index (κ1) is 13.7. The highest BCUT2D eigenvalue weighted by atomic mass is 16.5. The number of hydrogen-bond acceptors (Lipinski definition) is 4. The van der Waals surface area contributed by atoms with Crippen LogP contribution in [0.4, 0.5) is 0 Å². The van der Waals surface area contributed by atoms with Gasteiger partial charge < -0.3 is 20.1 Å². The van der Waals surface area contributed by atoms with Crippen LogP contribution < -0.4 is 20.1 Å². The average Bonchev–Trinajstić information content (AvgIpc) is 2.46. The maximum absolute atomic E-state index is 11.1. The van der Waals surface area contributed by atoms with Crippen LogP contribution >= 0.6 is 0 Å². The molecular weight excluding hydrogens is 244 g/mol. The highest BCUT2D eigenvalue weighted by Gasteiger charge is 2.17. The largest absolute Gasteiger partial charge is 0.497 e. The van der Waals surface area contributed by atoms with Gasteiger partial charge in [0.25, 0.3) is 0 Å². The lowest BCUT2D eigenvalue weighted by atomic mass is 10.1. The van der Waals surface area contributed by atoms with E-state index in [2.05, 4.69) is 10.6 Å². The fraction of sp³-hybridized carbons (Fsp3) is 0.500. The zero-order valence-corrected chi connectivity index (χ0v) is 11.4. The Kier molecular flexibility index (Phi) is 4.63. The lowest BCUT2D eigenvalue weighted by Gasteiger charge is -2.24. The summed E-state index contributed by atoms with van der Waals surface area (Å²) in [6.45, 7) is 1.41. The van der Waals surface area contributed by atoms with E-state index in [1.165, 1.54) is 0 Å². The summed E-state index contributed by atoms with van der Waals surface area (Å²) in [4.78, 5) is 11.1. The number of amides is 1. The van der Waals surface area contributed by atoms with Crippen molar-refractivity contribution in [2.45, 2.75) is 25.4 Å². The van der Waals surface area contributed by atoms with Crippen LogP contribution in [0.25, 0.3) is 0 Å². The Morgan fingerprint density at radius 2 is 2.21 bits per heavy atom. The SMILES string of the molecule is COc1ccc(CNC2CCC(=O)NC2)c(OC)c1. The summed E-state index contributed by atoms with van der Waals surface area (Å²) in [6.07, 6.45) is 1.47. The lowest BCUT2D eigenvalue weighted by Crippen LogP contribution is -2.45. The molecule has 0 radical (unpaired) electrons. The number of ether oxygens (including phenoxy) is 2. The van der Waals surface area contributed by atoms with Crippen LogP contribution in [0.2, 0.25) is 0 Å². The Labute approximate surface area is 113 Å². The molecule has 2 N–H and O–H groups in total. The standard InChI is InChI=1S/C14H20N2O3/c1-18-12-5-3-10(13(7-12)19-2)8-15-11-4-6-14(17)16-9-11/h3,5,7,11,15H,4,6,8-9H2,1-2H3,(H,16,17). The molecule has 0 aliphatic carbocycles. The fourth-order valence-electron chi connectivity index (χ4n) is 2.16. The van der Waals surface area contributed by atoms with Crippen molar-refractivity contribution in [1.82, 2.24) is 10.6 Å². The summed E-state index contributed by atoms with van der Waals surface area (Å²) >= 11 is 0. The maximum atomic E-state index is 11.1. The van der Waals surface area contributed by atoms with Crippen LogP contribution in [-0.4, -0.2) is 32.7 Å². The molecular formula is C14H20N2O3. The molecule has 1 fully saturated rings. The molecule has 0 saturated carbocycles. The van der Waals surface area contributed by atoms with Crippen molar-refractivity contribution in [2.24, 2.45) is 0 Å². The summed E-state index contributed by atoms with van der Waals surface area (Å²) in [7, 11) is 3.29. The molecule has 104 valence electrons. The second-order valence-corrected chi connectivity index (χ2v) is 4.60. The molecule has 19 heavy (non-hydrogen) atoms. The van der Waals surface area contributed by atoms with Crippen LogP contribution in [-0.2, 0) is 11.3 Å². The van der Waals surface area contributed by atoms with Gasteiger partial charge >= 0.3 is 0 Å². The number of nitrogens with one attached hydrogen (secondary N) is 2. The third-order valence-corrected chi connectivity index (χ3v) is 3.34. The number of carbonyl (C=O) groups is 1. The Bertz CT molecular complexity index is 438. The van der Waals surface area contributed by atoms with E-state index in [0.29, 0.717) is 25.6 Å². The summed E-state index contributed by atoms with van der Waals surface area (Å²) < 4.78 is 10.5. The number of methoxy groups -OCH3 is 2. The van der Waals surface area contributed by atoms with Gasteiger partial charge in [-0.2, -0.15) is 0 Å². The van der Waals surface area contributed by atoms with Gasteiger partial charge in [-0.05, 0) is 12.5 Å². The van der Waals surface area contributed by atoms with E-state index >= 15 is 0 Å². The van der Waals surface area contributed by atoms with Gasteiger partial charge in [-0.3, -0.25) is 4.79 Å². The summed E-state index contributed by atoms with van der Waals surface area (Å²) in [5.41, 5.74) is 1.08. The third-order valence-electron chi connectivity index (χ3n) is 3.34. The van der Waals surface area contributed by atoms with Crippen molar-refractivity contribution in [3.63, 3.8) is 0 Å². The van der Waals surface area contributed by atoms with E-state index in [1.54, 1.807) is 14.2 Å². The first-order valence-corrected chi connectivity index (χ1v) is 6.44. The summed E-state index contributed by atoms with van der Waals surface area (Å²) in [5.74, 6) is 1.73. The molecule has 0 spiro atoms. The Balaban J connectivity index is 1.93. The number of benzene rings is 1. The Hall–Kier alpha value is -1.75. The second kappa shape index (κ2) is 6.43. The normalized spacial score (nSPS) is 18.8. The van der Waals surface area contributed by atoms with Crippen molar-refractivity contribution in [2.75, 3.05) is 20.8 Å². The van der Waals surface area contributed by atoms with Crippen molar-refractivity contribution in [3.8, 4) is 11.5 Å². The first-order valence-electron chi connectivity index (χ1n) is 6.44. The van der Waals surface area contributed by atoms with Crippen molar-refractivity contribution >= 4 is 5.91 Å². The minimum atomic E-state index is 0.139. The smallest absolute Gasteiger partial charge is 0.220 e. The Morgan fingerprint density at radius 1 is 1.37 bits per heavy atom. The molecule has 1 aliphatic heterocycles. The molecule has 2 rings (SSSR count). The van der Waals surface area contributed by atoms with Crippen LogP contribution in [0.5, 0.6) is 11.5 Å². The van der Waals surface area contributed by atoms with E-state index in [1.807, 2.05) is 18.2 Å². The van der Waals surface area contributed by atoms with Gasteiger partial charge in [-0.1, -0.05) is 6.07 Å². The van der Waals surface area contributed by atoms with Crippen LogP contribution in [0.15, 0.2) is 18.2 Å². The number of rotatable bonds is 5. The quantitative estimate of drug-likeness (QED) is 0.835. The zero-order chi connectivity index (χ0) is 13.7. The van der Waals surface area contributed by atoms with Gasteiger partial charge in [0.1, 0.15) is 11.5 Å². The van der Waals surface area contributed by atoms with Crippen LogP contribution in [0, 0.1) is 0 Å². The number of hydrogen-bond donors (Lipinski definition) is 2. The Morgan fingerprint density at radius 3 is 2.84 bits per heavy atom. The van der Waals surface area contributed by atoms with Crippen molar-refractivity contribution < 1.29 is 14.3 Å². The molecule has 1 aliphatic rings. The average molecular weight is 264 g/mol. The molecule has 0 bridgehead atoms. The third kappa shape index (κ3) is 3.61. The molecule has 0 aromatic heterocycles. The van der Waals surface area contributed by atoms with Gasteiger partial charge in [0.15, 0.2) is 0 Å². The number of carbonyl (C=O) groups excluding carboxylic acids is 1. The fourth-order valence-corrected chi connectivity index (χ4v) is 2.16. The van der Waals surface area contributed by atoms with E-state index in [0.717, 1.165) is 23.5 Å². The van der Waals surface area contributed by atoms with Crippen LogP contribution in [0.3, 0.4) is 0 Å². The molecule has 1 aromatic rings. The van der Waals surface area contributed by atoms with E-state index < -0.39 is 0 Å². The highest BCUT2D eigenvalue weighted by Crippen LogP contribution is 2.24. The maximum Gasteiger partial charge on any atom is 0.220 e. The van der Waals surface area contributed by atoms with Crippen molar-refractivity contribution in [1.29, 1.82) is 0 Å². The predicted octanol–water partition coefficient (Wildman–Crippen LogP) is 1.07. The zero-order valence-electron chi connectivity index (χ0n) is 11.4. The van der Waals surface area contributed by atoms with E-state index in [9.17, 15) is 4.79 Å². The summed E-state index contributed by atoms with van der Waals surface area (Å²) in [5, 5.41) is 6.30. The van der Waals surface area contributed by atoms with Gasteiger partial charge in [-0.15, -0.1) is 0 Å². The molecule has 5 nitrogen and oxygen atoms in total. The molecule has 5 heteroatoms. The monoisotopic (exact) mass is 264 g/mol. The van der Waals surface area contributed by atoms with Crippen LogP contribution in [0.1, 0.15) is 18.4 Å². The topological polar surface area (TPSA) is 59.6 Å². The van der Waals surface area contributed by atoms with Crippen molar-refractivity contribution in [3.05, 3.63) is 23.8 Å². The first-order chi connectivity index (χ1) is 9.22. The minimum absolute atomic E-state index is 0.139.